The Kier molecular flexibility index (Phi) is 4.67. The molecule has 0 saturated carbocycles. The molecule has 1 N–H and O–H groups in total. The van der Waals surface area contributed by atoms with Crippen LogP contribution in [0.1, 0.15) is 50.8 Å². The van der Waals surface area contributed by atoms with Crippen molar-refractivity contribution >= 4 is 22.6 Å². The van der Waals surface area contributed by atoms with Crippen LogP contribution in [0.5, 0.6) is 0 Å². The van der Waals surface area contributed by atoms with Gasteiger partial charge in [-0.15, -0.1) is 0 Å². The molecule has 0 bridgehead atoms. The van der Waals surface area contributed by atoms with Crippen LogP contribution < -0.4 is 5.32 Å². The monoisotopic (exact) mass is 303 g/mol. The van der Waals surface area contributed by atoms with Crippen LogP contribution >= 0.6 is 11.6 Å². The molecule has 0 radical (unpaired) electrons. The van der Waals surface area contributed by atoms with Crippen molar-refractivity contribution in [2.24, 2.45) is 0 Å². The highest BCUT2D eigenvalue weighted by Crippen LogP contribution is 2.33. The lowest BCUT2D eigenvalue weighted by Gasteiger charge is -2.19. The smallest absolute Gasteiger partial charge is 0.152 e. The summed E-state index contributed by atoms with van der Waals surface area (Å²) in [6, 6.07) is 8.26. The summed E-state index contributed by atoms with van der Waals surface area (Å²) in [5.41, 5.74) is 2.36. The quantitative estimate of drug-likeness (QED) is 0.724. The lowest BCUT2D eigenvalue weighted by molar-refractivity contribution is 0.428. The zero-order chi connectivity index (χ0) is 14.7. The van der Waals surface area contributed by atoms with E-state index in [1.54, 1.807) is 5.57 Å². The van der Waals surface area contributed by atoms with Gasteiger partial charge in [0.05, 0.1) is 11.1 Å². The summed E-state index contributed by atoms with van der Waals surface area (Å²) in [7, 11) is 0. The third-order valence-electron chi connectivity index (χ3n) is 4.16. The Bertz CT molecular complexity index is 644. The molecule has 0 fully saturated rings. The van der Waals surface area contributed by atoms with Crippen molar-refractivity contribution < 1.29 is 4.42 Å². The van der Waals surface area contributed by atoms with Crippen LogP contribution in [0, 0.1) is 0 Å². The molecule has 1 aliphatic rings. The van der Waals surface area contributed by atoms with Crippen LogP contribution in [-0.4, -0.2) is 6.54 Å². The zero-order valence-electron chi connectivity index (χ0n) is 12.5. The molecule has 1 unspecified atom stereocenters. The standard InChI is InChI=1S/C18H22ClNO/c1-2-20-16(11-13-7-4-3-5-8-13)17-12-14-9-6-10-15(19)18(14)21-17/h6-7,9-10,12,16,20H,2-5,8,11H2,1H3. The topological polar surface area (TPSA) is 25.2 Å². The van der Waals surface area contributed by atoms with Crippen molar-refractivity contribution in [3.63, 3.8) is 0 Å². The Morgan fingerprint density at radius 2 is 2.24 bits per heavy atom. The van der Waals surface area contributed by atoms with E-state index in [1.807, 2.05) is 12.1 Å². The molecule has 3 rings (SSSR count). The molecular formula is C18H22ClNO. The number of halogens is 1. The van der Waals surface area contributed by atoms with Gasteiger partial charge in [-0.1, -0.05) is 42.3 Å². The van der Waals surface area contributed by atoms with Crippen molar-refractivity contribution in [3.8, 4) is 0 Å². The molecule has 1 atom stereocenters. The predicted octanol–water partition coefficient (Wildman–Crippen LogP) is 5.63. The summed E-state index contributed by atoms with van der Waals surface area (Å²) in [5.74, 6) is 0.992. The van der Waals surface area contributed by atoms with E-state index < -0.39 is 0 Å². The van der Waals surface area contributed by atoms with E-state index in [4.69, 9.17) is 16.0 Å². The SMILES string of the molecule is CCNC(CC1=CCCCC1)c1cc2cccc(Cl)c2o1. The van der Waals surface area contributed by atoms with Gasteiger partial charge in [-0.05, 0) is 50.8 Å². The van der Waals surface area contributed by atoms with E-state index in [2.05, 4.69) is 30.4 Å². The van der Waals surface area contributed by atoms with Gasteiger partial charge in [0.25, 0.3) is 0 Å². The first-order chi connectivity index (χ1) is 10.3. The number of fused-ring (bicyclic) bond motifs is 1. The minimum Gasteiger partial charge on any atom is -0.458 e. The predicted molar refractivity (Wildman–Crippen MR) is 88.8 cm³/mol. The fourth-order valence-corrected chi connectivity index (χ4v) is 3.31. The van der Waals surface area contributed by atoms with Crippen LogP contribution in [0.3, 0.4) is 0 Å². The summed E-state index contributed by atoms with van der Waals surface area (Å²) in [6.07, 6.45) is 8.53. The molecule has 0 amide bonds. The van der Waals surface area contributed by atoms with Crippen LogP contribution in [0.25, 0.3) is 11.0 Å². The van der Waals surface area contributed by atoms with Gasteiger partial charge in [-0.2, -0.15) is 0 Å². The third kappa shape index (κ3) is 3.33. The third-order valence-corrected chi connectivity index (χ3v) is 4.46. The van der Waals surface area contributed by atoms with Crippen LogP contribution in [-0.2, 0) is 0 Å². The number of furan rings is 1. The molecule has 21 heavy (non-hydrogen) atoms. The summed E-state index contributed by atoms with van der Waals surface area (Å²) in [6.45, 7) is 3.07. The summed E-state index contributed by atoms with van der Waals surface area (Å²) in [4.78, 5) is 0. The van der Waals surface area contributed by atoms with Gasteiger partial charge in [0.2, 0.25) is 0 Å². The Morgan fingerprint density at radius 1 is 1.33 bits per heavy atom. The van der Waals surface area contributed by atoms with Gasteiger partial charge in [0, 0.05) is 5.39 Å². The molecule has 112 valence electrons. The highest BCUT2D eigenvalue weighted by Gasteiger charge is 2.18. The van der Waals surface area contributed by atoms with Crippen molar-refractivity contribution in [1.82, 2.24) is 5.32 Å². The Morgan fingerprint density at radius 3 is 2.95 bits per heavy atom. The summed E-state index contributed by atoms with van der Waals surface area (Å²) in [5, 5.41) is 5.32. The maximum absolute atomic E-state index is 6.22. The van der Waals surface area contributed by atoms with Crippen LogP contribution in [0.4, 0.5) is 0 Å². The second-order valence-electron chi connectivity index (χ2n) is 5.73. The maximum Gasteiger partial charge on any atom is 0.152 e. The molecule has 3 heteroatoms. The number of benzene rings is 1. The molecule has 2 nitrogen and oxygen atoms in total. The molecule has 1 heterocycles. The van der Waals surface area contributed by atoms with Crippen LogP contribution in [0.2, 0.25) is 5.02 Å². The average Bonchev–Trinajstić information content (AvgIpc) is 2.93. The van der Waals surface area contributed by atoms with Crippen molar-refractivity contribution in [3.05, 3.63) is 46.7 Å². The first-order valence-corrected chi connectivity index (χ1v) is 8.25. The average molecular weight is 304 g/mol. The first-order valence-electron chi connectivity index (χ1n) is 7.87. The Hall–Kier alpha value is -1.25. The molecule has 1 aromatic heterocycles. The normalized spacial score (nSPS) is 17.0. The van der Waals surface area contributed by atoms with E-state index in [0.717, 1.165) is 29.7 Å². The molecule has 1 aliphatic carbocycles. The van der Waals surface area contributed by atoms with Crippen molar-refractivity contribution in [2.45, 2.75) is 45.1 Å². The number of hydrogen-bond acceptors (Lipinski definition) is 2. The zero-order valence-corrected chi connectivity index (χ0v) is 13.2. The minimum atomic E-state index is 0.239. The van der Waals surface area contributed by atoms with Gasteiger partial charge < -0.3 is 9.73 Å². The molecule has 1 aromatic carbocycles. The van der Waals surface area contributed by atoms with Gasteiger partial charge in [0.15, 0.2) is 5.58 Å². The highest BCUT2D eigenvalue weighted by molar-refractivity contribution is 6.34. The van der Waals surface area contributed by atoms with Gasteiger partial charge >= 0.3 is 0 Å². The second kappa shape index (κ2) is 6.67. The number of allylic oxidation sites excluding steroid dienone is 1. The van der Waals surface area contributed by atoms with Gasteiger partial charge in [-0.25, -0.2) is 0 Å². The Balaban J connectivity index is 1.87. The fourth-order valence-electron chi connectivity index (χ4n) is 3.09. The number of para-hydroxylation sites is 1. The lowest BCUT2D eigenvalue weighted by Crippen LogP contribution is -2.21. The van der Waals surface area contributed by atoms with Crippen molar-refractivity contribution in [1.29, 1.82) is 0 Å². The Labute approximate surface area is 131 Å². The first kappa shape index (κ1) is 14.7. The number of nitrogens with one attached hydrogen (secondary N) is 1. The molecule has 2 aromatic rings. The fraction of sp³-hybridized carbons (Fsp3) is 0.444. The largest absolute Gasteiger partial charge is 0.458 e. The van der Waals surface area contributed by atoms with Gasteiger partial charge in [0.1, 0.15) is 5.76 Å². The summed E-state index contributed by atoms with van der Waals surface area (Å²) < 4.78 is 6.03. The minimum absolute atomic E-state index is 0.239. The maximum atomic E-state index is 6.22. The lowest BCUT2D eigenvalue weighted by atomic mass is 9.93. The van der Waals surface area contributed by atoms with E-state index in [1.165, 1.54) is 25.7 Å². The second-order valence-corrected chi connectivity index (χ2v) is 6.14. The summed E-state index contributed by atoms with van der Waals surface area (Å²) >= 11 is 6.22. The van der Waals surface area contributed by atoms with Crippen LogP contribution in [0.15, 0.2) is 40.3 Å². The van der Waals surface area contributed by atoms with E-state index in [0.29, 0.717) is 5.02 Å². The number of hydrogen-bond donors (Lipinski definition) is 1. The van der Waals surface area contributed by atoms with E-state index in [-0.39, 0.29) is 6.04 Å². The molecule has 0 saturated heterocycles. The molecule has 0 spiro atoms. The highest BCUT2D eigenvalue weighted by atomic mass is 35.5. The van der Waals surface area contributed by atoms with Gasteiger partial charge in [-0.3, -0.25) is 0 Å². The molecular weight excluding hydrogens is 282 g/mol. The van der Waals surface area contributed by atoms with Crippen molar-refractivity contribution in [2.75, 3.05) is 6.54 Å². The number of rotatable bonds is 5. The molecule has 0 aliphatic heterocycles. The van der Waals surface area contributed by atoms with E-state index >= 15 is 0 Å². The van der Waals surface area contributed by atoms with E-state index in [9.17, 15) is 0 Å².